The van der Waals surface area contributed by atoms with E-state index in [1.54, 1.807) is 10.6 Å². The summed E-state index contributed by atoms with van der Waals surface area (Å²) in [5.74, 6) is -0.788. The second-order valence-electron chi connectivity index (χ2n) is 6.41. The average Bonchev–Trinajstić information content (AvgIpc) is 3.06. The number of aryl methyl sites for hydroxylation is 1. The molecule has 0 saturated carbocycles. The summed E-state index contributed by atoms with van der Waals surface area (Å²) in [6.45, 7) is -0.230. The van der Waals surface area contributed by atoms with Crippen LogP contribution in [0.1, 0.15) is 6.42 Å². The maximum Gasteiger partial charge on any atom is 0.307 e. The van der Waals surface area contributed by atoms with E-state index in [9.17, 15) is 18.0 Å². The number of sulfonamides is 1. The Bertz CT molecular complexity index is 1370. The number of nitrogens with two attached hydrogens (primary N) is 1. The minimum absolute atomic E-state index is 0.0253. The third kappa shape index (κ3) is 5.87. The standard InChI is InChI=1S/C19H17Cl2N3O6S2/c1-29-18(26)6-7-24-14-4-3-12(32(22,27)28)9-16(14)31-19(24)23-17(25)10-30-15-5-2-11(20)8-13(15)21/h2-5,8-9H,6-7,10H2,1H3,(H2,22,27,28). The molecule has 2 N–H and O–H groups in total. The number of thiazole rings is 1. The van der Waals surface area contributed by atoms with E-state index in [0.29, 0.717) is 15.2 Å². The second-order valence-corrected chi connectivity index (χ2v) is 9.82. The molecule has 9 nitrogen and oxygen atoms in total. The van der Waals surface area contributed by atoms with Crippen LogP contribution >= 0.6 is 34.5 Å². The van der Waals surface area contributed by atoms with Gasteiger partial charge in [0.15, 0.2) is 11.4 Å². The Morgan fingerprint density at radius 2 is 1.94 bits per heavy atom. The predicted octanol–water partition coefficient (Wildman–Crippen LogP) is 2.73. The molecule has 1 aromatic heterocycles. The van der Waals surface area contributed by atoms with Gasteiger partial charge in [-0.3, -0.25) is 9.59 Å². The molecule has 0 aliphatic rings. The fourth-order valence-electron chi connectivity index (χ4n) is 2.71. The molecule has 0 unspecified atom stereocenters. The zero-order chi connectivity index (χ0) is 23.5. The lowest BCUT2D eigenvalue weighted by Gasteiger charge is -2.06. The van der Waals surface area contributed by atoms with Gasteiger partial charge in [-0.2, -0.15) is 4.99 Å². The highest BCUT2D eigenvalue weighted by molar-refractivity contribution is 7.89. The molecule has 0 saturated heterocycles. The van der Waals surface area contributed by atoms with Crippen LogP contribution in [0.25, 0.3) is 10.2 Å². The number of carbonyl (C=O) groups is 2. The summed E-state index contributed by atoms with van der Waals surface area (Å²) in [7, 11) is -2.64. The first-order valence-corrected chi connectivity index (χ1v) is 12.1. The monoisotopic (exact) mass is 517 g/mol. The van der Waals surface area contributed by atoms with E-state index in [-0.39, 0.29) is 33.4 Å². The summed E-state index contributed by atoms with van der Waals surface area (Å²) in [6, 6.07) is 8.85. The Morgan fingerprint density at radius 3 is 2.59 bits per heavy atom. The molecular weight excluding hydrogens is 501 g/mol. The number of fused-ring (bicyclic) bond motifs is 1. The quantitative estimate of drug-likeness (QED) is 0.479. The normalized spacial score (nSPS) is 12.2. The predicted molar refractivity (Wildman–Crippen MR) is 120 cm³/mol. The highest BCUT2D eigenvalue weighted by Crippen LogP contribution is 2.27. The Morgan fingerprint density at radius 1 is 1.19 bits per heavy atom. The van der Waals surface area contributed by atoms with Crippen molar-refractivity contribution in [3.63, 3.8) is 0 Å². The van der Waals surface area contributed by atoms with Crippen molar-refractivity contribution < 1.29 is 27.5 Å². The highest BCUT2D eigenvalue weighted by atomic mass is 35.5. The number of amides is 1. The summed E-state index contributed by atoms with van der Waals surface area (Å²) in [5, 5.41) is 5.87. The van der Waals surface area contributed by atoms with Crippen molar-refractivity contribution in [2.24, 2.45) is 10.1 Å². The number of methoxy groups -OCH3 is 1. The third-order valence-electron chi connectivity index (χ3n) is 4.22. The van der Waals surface area contributed by atoms with Gasteiger partial charge in [-0.15, -0.1) is 0 Å². The lowest BCUT2D eigenvalue weighted by Crippen LogP contribution is -2.21. The first kappa shape index (κ1) is 24.2. The van der Waals surface area contributed by atoms with Crippen molar-refractivity contribution >= 4 is 66.7 Å². The van der Waals surface area contributed by atoms with Gasteiger partial charge < -0.3 is 14.0 Å². The Balaban J connectivity index is 1.95. The topological polar surface area (TPSA) is 130 Å². The van der Waals surface area contributed by atoms with Gasteiger partial charge in [0.2, 0.25) is 10.0 Å². The number of nitrogens with zero attached hydrogens (tertiary/aromatic N) is 2. The van der Waals surface area contributed by atoms with Gasteiger partial charge >= 0.3 is 5.97 Å². The maximum atomic E-state index is 12.4. The smallest absolute Gasteiger partial charge is 0.307 e. The number of halogens is 2. The molecule has 0 bridgehead atoms. The third-order valence-corrected chi connectivity index (χ3v) is 6.70. The molecule has 170 valence electrons. The number of primary sulfonamides is 1. The molecule has 0 radical (unpaired) electrons. The molecule has 0 aliphatic carbocycles. The molecule has 3 rings (SSSR count). The number of ether oxygens (including phenoxy) is 2. The van der Waals surface area contributed by atoms with Crippen LogP contribution in [0.3, 0.4) is 0 Å². The van der Waals surface area contributed by atoms with E-state index in [1.807, 2.05) is 0 Å². The van der Waals surface area contributed by atoms with Crippen LogP contribution in [0.4, 0.5) is 0 Å². The zero-order valence-electron chi connectivity index (χ0n) is 16.6. The van der Waals surface area contributed by atoms with Crippen LogP contribution in [0.15, 0.2) is 46.3 Å². The van der Waals surface area contributed by atoms with Crippen LogP contribution in [-0.4, -0.2) is 38.6 Å². The molecule has 3 aromatic rings. The molecule has 0 atom stereocenters. The molecule has 32 heavy (non-hydrogen) atoms. The summed E-state index contributed by atoms with van der Waals surface area (Å²) in [6.07, 6.45) is 0.0253. The largest absolute Gasteiger partial charge is 0.482 e. The van der Waals surface area contributed by atoms with Crippen LogP contribution < -0.4 is 14.7 Å². The number of hydrogen-bond acceptors (Lipinski definition) is 7. The molecule has 13 heteroatoms. The van der Waals surface area contributed by atoms with Crippen molar-refractivity contribution in [2.45, 2.75) is 17.9 Å². The van der Waals surface area contributed by atoms with Crippen molar-refractivity contribution in [3.8, 4) is 5.75 Å². The van der Waals surface area contributed by atoms with E-state index in [1.165, 1.54) is 37.4 Å². The second kappa shape index (κ2) is 10.0. The maximum absolute atomic E-state index is 12.4. The molecule has 0 aliphatic heterocycles. The fourth-order valence-corrected chi connectivity index (χ4v) is 4.90. The van der Waals surface area contributed by atoms with Gasteiger partial charge in [0.1, 0.15) is 5.75 Å². The number of benzene rings is 2. The van der Waals surface area contributed by atoms with Gasteiger partial charge in [0, 0.05) is 11.6 Å². The summed E-state index contributed by atoms with van der Waals surface area (Å²) >= 11 is 12.9. The number of esters is 1. The Labute approximate surface area is 197 Å². The van der Waals surface area contributed by atoms with E-state index < -0.39 is 28.5 Å². The molecular formula is C19H17Cl2N3O6S2. The first-order valence-electron chi connectivity index (χ1n) is 8.97. The summed E-state index contributed by atoms with van der Waals surface area (Å²) < 4.78 is 35.6. The van der Waals surface area contributed by atoms with Gasteiger partial charge in [-0.25, -0.2) is 13.6 Å². The number of hydrogen-bond donors (Lipinski definition) is 1. The summed E-state index contributed by atoms with van der Waals surface area (Å²) in [5.41, 5.74) is 0.583. The van der Waals surface area contributed by atoms with Crippen LogP contribution in [0.5, 0.6) is 5.75 Å². The van der Waals surface area contributed by atoms with Gasteiger partial charge in [-0.1, -0.05) is 34.5 Å². The highest BCUT2D eigenvalue weighted by Gasteiger charge is 2.15. The van der Waals surface area contributed by atoms with E-state index in [2.05, 4.69) is 9.73 Å². The molecule has 2 aromatic carbocycles. The van der Waals surface area contributed by atoms with Crippen molar-refractivity contribution in [2.75, 3.05) is 13.7 Å². The Hall–Kier alpha value is -2.44. The van der Waals surface area contributed by atoms with Crippen molar-refractivity contribution in [1.82, 2.24) is 4.57 Å². The van der Waals surface area contributed by atoms with Crippen molar-refractivity contribution in [1.29, 1.82) is 0 Å². The van der Waals surface area contributed by atoms with E-state index >= 15 is 0 Å². The number of rotatable bonds is 7. The lowest BCUT2D eigenvalue weighted by atomic mass is 10.3. The lowest BCUT2D eigenvalue weighted by molar-refractivity contribution is -0.140. The van der Waals surface area contributed by atoms with Crippen LogP contribution in [0.2, 0.25) is 10.0 Å². The minimum Gasteiger partial charge on any atom is -0.482 e. The minimum atomic E-state index is -3.91. The van der Waals surface area contributed by atoms with Crippen molar-refractivity contribution in [3.05, 3.63) is 51.2 Å². The van der Waals surface area contributed by atoms with Gasteiger partial charge in [-0.05, 0) is 36.4 Å². The van der Waals surface area contributed by atoms with Gasteiger partial charge in [0.25, 0.3) is 5.91 Å². The molecule has 1 heterocycles. The molecule has 1 amide bonds. The summed E-state index contributed by atoms with van der Waals surface area (Å²) in [4.78, 5) is 28.3. The van der Waals surface area contributed by atoms with E-state index in [0.717, 1.165) is 11.3 Å². The fraction of sp³-hybridized carbons (Fsp3) is 0.211. The zero-order valence-corrected chi connectivity index (χ0v) is 19.7. The molecule has 0 fully saturated rings. The number of carbonyl (C=O) groups excluding carboxylic acids is 2. The van der Waals surface area contributed by atoms with Crippen LogP contribution in [0, 0.1) is 0 Å². The number of aromatic nitrogens is 1. The Kier molecular flexibility index (Phi) is 7.57. The first-order chi connectivity index (χ1) is 15.1. The SMILES string of the molecule is COC(=O)CCn1c(=NC(=O)COc2ccc(Cl)cc2Cl)sc2cc(S(N)(=O)=O)ccc21. The van der Waals surface area contributed by atoms with Gasteiger partial charge in [0.05, 0.1) is 33.7 Å². The molecule has 0 spiro atoms. The van der Waals surface area contributed by atoms with E-state index in [4.69, 9.17) is 33.1 Å². The van der Waals surface area contributed by atoms with Crippen LogP contribution in [-0.2, 0) is 30.9 Å². The average molecular weight is 518 g/mol.